The van der Waals surface area contributed by atoms with Gasteiger partial charge in [0.2, 0.25) is 0 Å². The molecule has 0 aliphatic carbocycles. The van der Waals surface area contributed by atoms with Gasteiger partial charge in [0.25, 0.3) is 0 Å². The number of aliphatic hydroxyl groups excluding tert-OH is 1. The van der Waals surface area contributed by atoms with Gasteiger partial charge in [-0.1, -0.05) is 30.3 Å². The van der Waals surface area contributed by atoms with Crippen molar-refractivity contribution >= 4 is 0 Å². The molecule has 0 amide bonds. The van der Waals surface area contributed by atoms with Crippen LogP contribution < -0.4 is 4.74 Å². The van der Waals surface area contributed by atoms with Crippen molar-refractivity contribution < 1.29 is 24.4 Å². The van der Waals surface area contributed by atoms with Crippen molar-refractivity contribution in [3.8, 4) is 5.75 Å². The van der Waals surface area contributed by atoms with E-state index in [9.17, 15) is 19.6 Å². The molecule has 1 aromatic heterocycles. The van der Waals surface area contributed by atoms with Gasteiger partial charge in [-0.2, -0.15) is 13.2 Å². The minimum absolute atomic E-state index is 0.105. The van der Waals surface area contributed by atoms with Crippen LogP contribution in [-0.4, -0.2) is 40.8 Å². The quantitative estimate of drug-likeness (QED) is 0.627. The van der Waals surface area contributed by atoms with Crippen molar-refractivity contribution in [3.05, 3.63) is 95.3 Å². The number of hydrogen-bond acceptors (Lipinski definition) is 4. The molecular weight excluding hydrogens is 405 g/mol. The molecule has 31 heavy (non-hydrogen) atoms. The van der Waals surface area contributed by atoms with Crippen molar-refractivity contribution in [2.24, 2.45) is 0 Å². The van der Waals surface area contributed by atoms with Gasteiger partial charge in [-0.25, -0.2) is 0 Å². The second-order valence-electron chi connectivity index (χ2n) is 7.43. The summed E-state index contributed by atoms with van der Waals surface area (Å²) in [5.41, 5.74) is 1.86. The van der Waals surface area contributed by atoms with Crippen molar-refractivity contribution in [3.63, 3.8) is 0 Å². The van der Waals surface area contributed by atoms with E-state index in [2.05, 4.69) is 4.98 Å². The molecule has 3 aromatic rings. The first-order valence-corrected chi connectivity index (χ1v) is 10.0. The smallest absolute Gasteiger partial charge is 0.416 e. The van der Waals surface area contributed by atoms with Gasteiger partial charge in [-0.15, -0.1) is 0 Å². The van der Waals surface area contributed by atoms with E-state index in [-0.39, 0.29) is 18.9 Å². The summed E-state index contributed by atoms with van der Waals surface area (Å²) in [4.78, 5) is 6.06. The summed E-state index contributed by atoms with van der Waals surface area (Å²) in [6, 6.07) is 14.5. The number of β-amino-alcohol motifs (C(OH)–C–C–N with tert-alkyl or cyclic N) is 1. The van der Waals surface area contributed by atoms with Gasteiger partial charge in [-0.3, -0.25) is 9.88 Å². The minimum Gasteiger partial charge on any atom is -0.491 e. The molecular formula is C24H23F3N2O2. The number of nitrogens with zero attached hydrogens (tertiary/aromatic N) is 2. The van der Waals surface area contributed by atoms with E-state index in [1.807, 2.05) is 35.2 Å². The van der Waals surface area contributed by atoms with Crippen LogP contribution in [0, 0.1) is 0 Å². The lowest BCUT2D eigenvalue weighted by molar-refractivity contribution is -0.137. The first-order chi connectivity index (χ1) is 15.3. The molecule has 4 nitrogen and oxygen atoms in total. The zero-order valence-electron chi connectivity index (χ0n) is 17.7. The van der Waals surface area contributed by atoms with Gasteiger partial charge in [0.1, 0.15) is 18.5 Å². The topological polar surface area (TPSA) is 45.6 Å². The predicted molar refractivity (Wildman–Crippen MR) is 111 cm³/mol. The highest BCUT2D eigenvalue weighted by molar-refractivity contribution is 5.39. The zero-order chi connectivity index (χ0) is 22.8. The SMILES string of the molecule is [2H]C1(c2cccnc2)c2ccccc2CCN1CC(O)COc1ccc(C(F)(F)F)cc1. The van der Waals surface area contributed by atoms with Gasteiger partial charge in [0.15, 0.2) is 0 Å². The normalized spacial score (nSPS) is 20.6. The Bertz CT molecular complexity index is 1050. The third-order valence-electron chi connectivity index (χ3n) is 5.23. The molecule has 2 atom stereocenters. The van der Waals surface area contributed by atoms with Crippen molar-refractivity contribution in [2.75, 3.05) is 19.7 Å². The molecule has 0 bridgehead atoms. The fourth-order valence-electron chi connectivity index (χ4n) is 3.77. The summed E-state index contributed by atoms with van der Waals surface area (Å²) in [5, 5.41) is 10.6. The molecule has 2 unspecified atom stereocenters. The highest BCUT2D eigenvalue weighted by Gasteiger charge is 2.31. The van der Waals surface area contributed by atoms with Gasteiger partial charge < -0.3 is 9.84 Å². The lowest BCUT2D eigenvalue weighted by Gasteiger charge is -2.38. The average molecular weight is 429 g/mol. The van der Waals surface area contributed by atoms with Crippen molar-refractivity contribution in [1.29, 1.82) is 0 Å². The van der Waals surface area contributed by atoms with Crippen LogP contribution in [0.1, 0.15) is 29.6 Å². The molecule has 0 saturated heterocycles. The molecule has 0 fully saturated rings. The van der Waals surface area contributed by atoms with Crippen LogP contribution in [0.3, 0.4) is 0 Å². The van der Waals surface area contributed by atoms with Gasteiger partial charge >= 0.3 is 6.18 Å². The Hall–Kier alpha value is -2.90. The van der Waals surface area contributed by atoms with Gasteiger partial charge in [-0.05, 0) is 53.4 Å². The fraction of sp³-hybridized carbons (Fsp3) is 0.292. The van der Waals surface area contributed by atoms with Crippen LogP contribution in [0.5, 0.6) is 5.75 Å². The molecule has 2 aromatic carbocycles. The largest absolute Gasteiger partial charge is 0.491 e. The molecule has 7 heteroatoms. The number of pyridine rings is 1. The van der Waals surface area contributed by atoms with Crippen molar-refractivity contribution in [2.45, 2.75) is 24.7 Å². The minimum atomic E-state index is -4.41. The van der Waals surface area contributed by atoms with Crippen LogP contribution in [-0.2, 0) is 12.6 Å². The number of rotatable bonds is 6. The lowest BCUT2D eigenvalue weighted by atomic mass is 9.88. The molecule has 4 rings (SSSR count). The van der Waals surface area contributed by atoms with E-state index in [0.29, 0.717) is 12.1 Å². The number of aliphatic hydroxyl groups is 1. The number of fused-ring (bicyclic) bond motifs is 1. The number of benzene rings is 2. The van der Waals surface area contributed by atoms with E-state index in [1.165, 1.54) is 12.1 Å². The molecule has 162 valence electrons. The van der Waals surface area contributed by atoms with E-state index in [0.717, 1.165) is 29.7 Å². The van der Waals surface area contributed by atoms with Gasteiger partial charge in [0.05, 0.1) is 13.0 Å². The van der Waals surface area contributed by atoms with Crippen LogP contribution in [0.15, 0.2) is 73.1 Å². The Morgan fingerprint density at radius 1 is 1.13 bits per heavy atom. The number of aromatic nitrogens is 1. The maximum absolute atomic E-state index is 12.7. The number of hydrogen-bond donors (Lipinski definition) is 1. The van der Waals surface area contributed by atoms with E-state index >= 15 is 0 Å². The Labute approximate surface area is 180 Å². The predicted octanol–water partition coefficient (Wildman–Crippen LogP) is 4.49. The average Bonchev–Trinajstić information content (AvgIpc) is 2.80. The third-order valence-corrected chi connectivity index (χ3v) is 5.23. The molecule has 0 saturated carbocycles. The van der Waals surface area contributed by atoms with E-state index in [1.54, 1.807) is 18.5 Å². The second-order valence-corrected chi connectivity index (χ2v) is 7.43. The third kappa shape index (κ3) is 5.06. The second kappa shape index (κ2) is 9.08. The Balaban J connectivity index is 1.49. The van der Waals surface area contributed by atoms with Crippen LogP contribution in [0.2, 0.25) is 0 Å². The van der Waals surface area contributed by atoms with Crippen LogP contribution in [0.4, 0.5) is 13.2 Å². The lowest BCUT2D eigenvalue weighted by Crippen LogP contribution is -2.42. The number of ether oxygens (including phenoxy) is 1. The summed E-state index contributed by atoms with van der Waals surface area (Å²) in [5.74, 6) is 0.241. The molecule has 1 aliphatic rings. The first-order valence-electron chi connectivity index (χ1n) is 10.5. The Morgan fingerprint density at radius 3 is 2.61 bits per heavy atom. The van der Waals surface area contributed by atoms with Gasteiger partial charge in [0, 0.05) is 25.5 Å². The molecule has 2 heterocycles. The summed E-state index contributed by atoms with van der Waals surface area (Å²) >= 11 is 0. The monoisotopic (exact) mass is 429 g/mol. The first kappa shape index (κ1) is 20.0. The molecule has 0 radical (unpaired) electrons. The standard InChI is InChI=1S/C24H23F3N2O2/c25-24(26,27)19-7-9-21(10-8-19)31-16-20(30)15-29-13-11-17-4-1-2-6-22(17)23(29)18-5-3-12-28-14-18/h1-10,12,14,20,23,30H,11,13,15-16H2/i23D. The zero-order valence-corrected chi connectivity index (χ0v) is 16.7. The molecule has 1 N–H and O–H groups in total. The maximum atomic E-state index is 12.7. The summed E-state index contributed by atoms with van der Waals surface area (Å²) < 4.78 is 53.0. The molecule has 1 aliphatic heterocycles. The summed E-state index contributed by atoms with van der Waals surface area (Å²) in [6.45, 7) is 0.618. The highest BCUT2D eigenvalue weighted by atomic mass is 19.4. The Morgan fingerprint density at radius 2 is 1.90 bits per heavy atom. The van der Waals surface area contributed by atoms with E-state index < -0.39 is 23.9 Å². The fourth-order valence-corrected chi connectivity index (χ4v) is 3.77. The number of halogens is 3. The van der Waals surface area contributed by atoms with Crippen LogP contribution >= 0.6 is 0 Å². The number of alkyl halides is 3. The van der Waals surface area contributed by atoms with Crippen molar-refractivity contribution in [1.82, 2.24) is 9.88 Å². The Kier molecular flexibility index (Phi) is 5.86. The summed E-state index contributed by atoms with van der Waals surface area (Å²) in [7, 11) is 0. The summed E-state index contributed by atoms with van der Waals surface area (Å²) in [6.07, 6.45) is -1.30. The highest BCUT2D eigenvalue weighted by Crippen LogP contribution is 2.35. The molecule has 0 spiro atoms. The van der Waals surface area contributed by atoms with Crippen LogP contribution in [0.25, 0.3) is 0 Å². The van der Waals surface area contributed by atoms with E-state index in [4.69, 9.17) is 4.74 Å². The maximum Gasteiger partial charge on any atom is 0.416 e.